The van der Waals surface area contributed by atoms with E-state index in [0.717, 1.165) is 6.54 Å². The van der Waals surface area contributed by atoms with E-state index >= 15 is 0 Å². The summed E-state index contributed by atoms with van der Waals surface area (Å²) in [6.07, 6.45) is 1.72. The Kier molecular flexibility index (Phi) is 3.40. The van der Waals surface area contributed by atoms with E-state index in [4.69, 9.17) is 22.1 Å². The molecule has 0 saturated carbocycles. The third-order valence-corrected chi connectivity index (χ3v) is 3.50. The molecule has 1 aliphatic heterocycles. The fraction of sp³-hybridized carbons (Fsp3) is 0.636. The van der Waals surface area contributed by atoms with E-state index in [0.29, 0.717) is 16.7 Å². The SMILES string of the molecule is CC1CN(c2ncnc(N)c2Cl)C(C)C(C)O1. The molecule has 2 heterocycles. The summed E-state index contributed by atoms with van der Waals surface area (Å²) in [5.41, 5.74) is 5.70. The molecule has 1 aliphatic rings. The minimum Gasteiger partial charge on any atom is -0.382 e. The Bertz CT molecular complexity index is 414. The van der Waals surface area contributed by atoms with Gasteiger partial charge in [0.1, 0.15) is 17.2 Å². The van der Waals surface area contributed by atoms with Gasteiger partial charge >= 0.3 is 0 Å². The molecule has 0 amide bonds. The molecule has 1 aromatic heterocycles. The van der Waals surface area contributed by atoms with Crippen molar-refractivity contribution in [1.82, 2.24) is 9.97 Å². The third kappa shape index (κ3) is 2.30. The van der Waals surface area contributed by atoms with Crippen LogP contribution in [0.2, 0.25) is 5.02 Å². The maximum atomic E-state index is 6.15. The second-order valence-corrected chi connectivity index (χ2v) is 4.82. The molecule has 0 spiro atoms. The van der Waals surface area contributed by atoms with Crippen LogP contribution in [0.1, 0.15) is 20.8 Å². The molecule has 17 heavy (non-hydrogen) atoms. The fourth-order valence-electron chi connectivity index (χ4n) is 2.07. The van der Waals surface area contributed by atoms with Crippen molar-refractivity contribution in [3.63, 3.8) is 0 Å². The van der Waals surface area contributed by atoms with Crippen LogP contribution in [0.5, 0.6) is 0 Å². The monoisotopic (exact) mass is 256 g/mol. The minimum atomic E-state index is 0.131. The molecule has 3 atom stereocenters. The molecular weight excluding hydrogens is 240 g/mol. The summed E-state index contributed by atoms with van der Waals surface area (Å²) in [5.74, 6) is 1.00. The van der Waals surface area contributed by atoms with E-state index in [1.807, 2.05) is 13.8 Å². The normalized spacial score (nSPS) is 29.4. The van der Waals surface area contributed by atoms with E-state index in [-0.39, 0.29) is 18.2 Å². The highest BCUT2D eigenvalue weighted by atomic mass is 35.5. The first-order chi connectivity index (χ1) is 8.00. The molecule has 0 radical (unpaired) electrons. The van der Waals surface area contributed by atoms with Crippen LogP contribution < -0.4 is 10.6 Å². The van der Waals surface area contributed by atoms with Crippen molar-refractivity contribution in [2.75, 3.05) is 17.2 Å². The van der Waals surface area contributed by atoms with Crippen LogP contribution in [0.25, 0.3) is 0 Å². The van der Waals surface area contributed by atoms with Crippen molar-refractivity contribution in [1.29, 1.82) is 0 Å². The van der Waals surface area contributed by atoms with Gasteiger partial charge in [0.05, 0.1) is 18.2 Å². The molecule has 0 aromatic carbocycles. The Morgan fingerprint density at radius 2 is 2.12 bits per heavy atom. The van der Waals surface area contributed by atoms with Crippen LogP contribution in [-0.2, 0) is 4.74 Å². The number of halogens is 1. The number of morpholine rings is 1. The summed E-state index contributed by atoms with van der Waals surface area (Å²) < 4.78 is 5.76. The fourth-order valence-corrected chi connectivity index (χ4v) is 2.28. The predicted octanol–water partition coefficient (Wildman–Crippen LogP) is 1.71. The maximum Gasteiger partial charge on any atom is 0.153 e. The summed E-state index contributed by atoms with van der Waals surface area (Å²) in [6.45, 7) is 6.92. The van der Waals surface area contributed by atoms with Crippen LogP contribution in [0.4, 0.5) is 11.6 Å². The summed E-state index contributed by atoms with van der Waals surface area (Å²) >= 11 is 6.15. The summed E-state index contributed by atoms with van der Waals surface area (Å²) in [5, 5.41) is 0.417. The quantitative estimate of drug-likeness (QED) is 0.829. The Hall–Kier alpha value is -1.07. The number of hydrogen-bond donors (Lipinski definition) is 1. The average molecular weight is 257 g/mol. The first kappa shape index (κ1) is 12.4. The minimum absolute atomic E-state index is 0.131. The van der Waals surface area contributed by atoms with Gasteiger partial charge in [-0.2, -0.15) is 0 Å². The van der Waals surface area contributed by atoms with E-state index in [1.165, 1.54) is 6.33 Å². The summed E-state index contributed by atoms with van der Waals surface area (Å²) in [6, 6.07) is 0.206. The first-order valence-corrected chi connectivity index (χ1v) is 6.06. The smallest absolute Gasteiger partial charge is 0.153 e. The summed E-state index contributed by atoms with van der Waals surface area (Å²) in [7, 11) is 0. The van der Waals surface area contributed by atoms with E-state index < -0.39 is 0 Å². The van der Waals surface area contributed by atoms with E-state index in [9.17, 15) is 0 Å². The average Bonchev–Trinajstić information content (AvgIpc) is 2.27. The van der Waals surface area contributed by atoms with Crippen LogP contribution in [0, 0.1) is 0 Å². The zero-order valence-electron chi connectivity index (χ0n) is 10.2. The number of nitrogens with zero attached hydrogens (tertiary/aromatic N) is 3. The molecule has 1 fully saturated rings. The van der Waals surface area contributed by atoms with Gasteiger partial charge in [0.25, 0.3) is 0 Å². The topological polar surface area (TPSA) is 64.3 Å². The standard InChI is InChI=1S/C11H17ClN4O/c1-6-4-16(7(2)8(3)17-6)11-9(12)10(13)14-5-15-11/h5-8H,4H2,1-3H3,(H2,13,14,15). The maximum absolute atomic E-state index is 6.15. The van der Waals surface area contributed by atoms with Crippen LogP contribution in [-0.4, -0.2) is 34.8 Å². The van der Waals surface area contributed by atoms with Gasteiger partial charge in [0, 0.05) is 6.54 Å². The highest BCUT2D eigenvalue weighted by molar-refractivity contribution is 6.35. The zero-order valence-corrected chi connectivity index (χ0v) is 11.0. The molecular formula is C11H17ClN4O. The lowest BCUT2D eigenvalue weighted by Gasteiger charge is -2.42. The Morgan fingerprint density at radius 3 is 2.82 bits per heavy atom. The predicted molar refractivity (Wildman–Crippen MR) is 68.3 cm³/mol. The van der Waals surface area contributed by atoms with Gasteiger partial charge < -0.3 is 15.4 Å². The van der Waals surface area contributed by atoms with Gasteiger partial charge in [-0.25, -0.2) is 9.97 Å². The van der Waals surface area contributed by atoms with Crippen molar-refractivity contribution in [3.8, 4) is 0 Å². The van der Waals surface area contributed by atoms with Gasteiger partial charge in [-0.15, -0.1) is 0 Å². The van der Waals surface area contributed by atoms with Crippen molar-refractivity contribution in [3.05, 3.63) is 11.3 Å². The van der Waals surface area contributed by atoms with Crippen LogP contribution in [0.3, 0.4) is 0 Å². The van der Waals surface area contributed by atoms with E-state index in [2.05, 4.69) is 21.8 Å². The second-order valence-electron chi connectivity index (χ2n) is 4.44. The number of anilines is 2. The van der Waals surface area contributed by atoms with Crippen molar-refractivity contribution < 1.29 is 4.74 Å². The van der Waals surface area contributed by atoms with Crippen molar-refractivity contribution in [2.24, 2.45) is 0 Å². The van der Waals surface area contributed by atoms with Gasteiger partial charge in [-0.1, -0.05) is 11.6 Å². The lowest BCUT2D eigenvalue weighted by atomic mass is 10.1. The molecule has 0 aliphatic carbocycles. The molecule has 2 N–H and O–H groups in total. The number of hydrogen-bond acceptors (Lipinski definition) is 5. The molecule has 5 nitrogen and oxygen atoms in total. The third-order valence-electron chi connectivity index (χ3n) is 3.14. The molecule has 6 heteroatoms. The Balaban J connectivity index is 2.34. The lowest BCUT2D eigenvalue weighted by Crippen LogP contribution is -2.52. The summed E-state index contributed by atoms with van der Waals surface area (Å²) in [4.78, 5) is 10.2. The highest BCUT2D eigenvalue weighted by Gasteiger charge is 2.31. The number of ether oxygens (including phenoxy) is 1. The van der Waals surface area contributed by atoms with Crippen LogP contribution in [0.15, 0.2) is 6.33 Å². The first-order valence-electron chi connectivity index (χ1n) is 5.68. The largest absolute Gasteiger partial charge is 0.382 e. The molecule has 3 unspecified atom stereocenters. The highest BCUT2D eigenvalue weighted by Crippen LogP contribution is 2.31. The van der Waals surface area contributed by atoms with Gasteiger partial charge in [-0.3, -0.25) is 0 Å². The number of rotatable bonds is 1. The van der Waals surface area contributed by atoms with Crippen LogP contribution >= 0.6 is 11.6 Å². The second kappa shape index (κ2) is 4.66. The van der Waals surface area contributed by atoms with Gasteiger partial charge in [0.2, 0.25) is 0 Å². The lowest BCUT2D eigenvalue weighted by molar-refractivity contribution is -0.0260. The molecule has 1 saturated heterocycles. The van der Waals surface area contributed by atoms with Gasteiger partial charge in [-0.05, 0) is 20.8 Å². The Morgan fingerprint density at radius 1 is 1.41 bits per heavy atom. The molecule has 2 rings (SSSR count). The number of nitrogens with two attached hydrogens (primary N) is 1. The zero-order chi connectivity index (χ0) is 12.6. The molecule has 94 valence electrons. The number of aromatic nitrogens is 2. The van der Waals surface area contributed by atoms with E-state index in [1.54, 1.807) is 0 Å². The van der Waals surface area contributed by atoms with Crippen molar-refractivity contribution >= 4 is 23.2 Å². The Labute approximate surface area is 106 Å². The molecule has 0 bridgehead atoms. The van der Waals surface area contributed by atoms with Gasteiger partial charge in [0.15, 0.2) is 5.82 Å². The van der Waals surface area contributed by atoms with Crippen molar-refractivity contribution in [2.45, 2.75) is 39.0 Å². The molecule has 1 aromatic rings. The number of nitrogen functional groups attached to an aromatic ring is 1.